The summed E-state index contributed by atoms with van der Waals surface area (Å²) in [6, 6.07) is 11.7. The molecule has 0 amide bonds. The highest BCUT2D eigenvalue weighted by atomic mass is 32.2. The summed E-state index contributed by atoms with van der Waals surface area (Å²) in [5, 5.41) is 29.6. The van der Waals surface area contributed by atoms with Crippen molar-refractivity contribution in [2.24, 2.45) is 0 Å². The van der Waals surface area contributed by atoms with Gasteiger partial charge in [-0.1, -0.05) is 23.9 Å². The number of aromatic nitrogens is 3. The number of benzene rings is 1. The molecule has 0 bridgehead atoms. The van der Waals surface area contributed by atoms with Crippen LogP contribution in [-0.4, -0.2) is 46.4 Å². The van der Waals surface area contributed by atoms with Crippen molar-refractivity contribution in [2.45, 2.75) is 17.2 Å². The number of nitriles is 2. The fourth-order valence-corrected chi connectivity index (χ4v) is 4.22. The Balaban J connectivity index is 1.79. The van der Waals surface area contributed by atoms with E-state index in [0.717, 1.165) is 30.8 Å². The molecule has 160 valence electrons. The van der Waals surface area contributed by atoms with Gasteiger partial charge in [-0.3, -0.25) is 9.97 Å². The summed E-state index contributed by atoms with van der Waals surface area (Å²) in [5.41, 5.74) is 2.85. The van der Waals surface area contributed by atoms with Gasteiger partial charge in [-0.05, 0) is 24.1 Å². The Labute approximate surface area is 190 Å². The molecule has 0 unspecified atom stereocenters. The van der Waals surface area contributed by atoms with Gasteiger partial charge < -0.3 is 14.7 Å². The number of thioether (sulfide) groups is 1. The first-order valence-corrected chi connectivity index (χ1v) is 11.1. The second-order valence-corrected chi connectivity index (χ2v) is 7.98. The Morgan fingerprint density at radius 1 is 1.09 bits per heavy atom. The molecule has 0 radical (unpaired) electrons. The van der Waals surface area contributed by atoms with Crippen molar-refractivity contribution in [3.63, 3.8) is 0 Å². The van der Waals surface area contributed by atoms with Gasteiger partial charge in [-0.2, -0.15) is 10.5 Å². The van der Waals surface area contributed by atoms with Crippen molar-refractivity contribution in [1.29, 1.82) is 10.5 Å². The van der Waals surface area contributed by atoms with Crippen molar-refractivity contribution in [2.75, 3.05) is 31.2 Å². The van der Waals surface area contributed by atoms with E-state index in [1.165, 1.54) is 11.8 Å². The number of rotatable bonds is 8. The van der Waals surface area contributed by atoms with Crippen LogP contribution in [0.1, 0.15) is 23.2 Å². The van der Waals surface area contributed by atoms with Gasteiger partial charge in [0.1, 0.15) is 40.9 Å². The van der Waals surface area contributed by atoms with Gasteiger partial charge in [0, 0.05) is 43.0 Å². The Kier molecular flexibility index (Phi) is 6.81. The first-order valence-electron chi connectivity index (χ1n) is 10.1. The second-order valence-electron chi connectivity index (χ2n) is 7.01. The molecule has 0 atom stereocenters. The summed E-state index contributed by atoms with van der Waals surface area (Å²) in [6.45, 7) is 1.78. The van der Waals surface area contributed by atoms with Crippen molar-refractivity contribution in [3.05, 3.63) is 59.7 Å². The molecule has 9 heteroatoms. The fourth-order valence-electron chi connectivity index (χ4n) is 3.34. The zero-order valence-corrected chi connectivity index (χ0v) is 18.0. The maximum atomic E-state index is 10.0. The van der Waals surface area contributed by atoms with E-state index in [2.05, 4.69) is 27.0 Å². The molecule has 0 spiro atoms. The SMILES string of the molecule is N#Cc1c(SCc2cnccn2)nc(N2CCC2)c(C#N)c1-c1ccc(OCCO)cc1. The lowest BCUT2D eigenvalue weighted by Gasteiger charge is -2.33. The van der Waals surface area contributed by atoms with E-state index in [1.807, 2.05) is 12.1 Å². The van der Waals surface area contributed by atoms with Crippen molar-refractivity contribution >= 4 is 17.6 Å². The standard InChI is InChI=1S/C23H20N6O2S/c24-12-19-21(16-2-4-18(5-3-16)31-11-10-30)20(13-25)23(28-22(19)29-8-1-9-29)32-15-17-14-26-6-7-27-17/h2-7,14,30H,1,8-11,15H2. The summed E-state index contributed by atoms with van der Waals surface area (Å²) in [7, 11) is 0. The Morgan fingerprint density at radius 3 is 2.47 bits per heavy atom. The molecular formula is C23H20N6O2S. The lowest BCUT2D eigenvalue weighted by molar-refractivity contribution is 0.201. The van der Waals surface area contributed by atoms with Crippen LogP contribution >= 0.6 is 11.8 Å². The summed E-state index contributed by atoms with van der Waals surface area (Å²) < 4.78 is 5.44. The van der Waals surface area contributed by atoms with Crippen LogP contribution in [0.4, 0.5) is 5.82 Å². The number of hydrogen-bond donors (Lipinski definition) is 1. The van der Waals surface area contributed by atoms with Crippen LogP contribution in [0, 0.1) is 22.7 Å². The van der Waals surface area contributed by atoms with Gasteiger partial charge in [0.2, 0.25) is 0 Å². The van der Waals surface area contributed by atoms with Crippen LogP contribution in [0.2, 0.25) is 0 Å². The van der Waals surface area contributed by atoms with Crippen molar-refractivity contribution in [3.8, 4) is 29.0 Å². The van der Waals surface area contributed by atoms with Gasteiger partial charge >= 0.3 is 0 Å². The van der Waals surface area contributed by atoms with Gasteiger partial charge in [0.15, 0.2) is 0 Å². The first kappa shape index (κ1) is 21.6. The number of anilines is 1. The van der Waals surface area contributed by atoms with E-state index in [1.54, 1.807) is 30.7 Å². The summed E-state index contributed by atoms with van der Waals surface area (Å²) in [6.07, 6.45) is 5.97. The topological polar surface area (TPSA) is 119 Å². The molecule has 3 heterocycles. The van der Waals surface area contributed by atoms with E-state index >= 15 is 0 Å². The summed E-state index contributed by atoms with van der Waals surface area (Å²) in [5.74, 6) is 1.72. The number of ether oxygens (including phenoxy) is 1. The smallest absolute Gasteiger partial charge is 0.148 e. The number of pyridine rings is 1. The average molecular weight is 445 g/mol. The van der Waals surface area contributed by atoms with E-state index < -0.39 is 0 Å². The highest BCUT2D eigenvalue weighted by molar-refractivity contribution is 7.98. The number of hydrogen-bond acceptors (Lipinski definition) is 9. The highest BCUT2D eigenvalue weighted by Gasteiger charge is 2.27. The Bertz CT molecular complexity index is 1170. The van der Waals surface area contributed by atoms with Crippen LogP contribution < -0.4 is 9.64 Å². The van der Waals surface area contributed by atoms with Crippen molar-refractivity contribution < 1.29 is 9.84 Å². The Morgan fingerprint density at radius 2 is 1.88 bits per heavy atom. The third kappa shape index (κ3) is 4.50. The zero-order chi connectivity index (χ0) is 22.3. The van der Waals surface area contributed by atoms with Crippen LogP contribution in [-0.2, 0) is 5.75 Å². The molecule has 32 heavy (non-hydrogen) atoms. The molecule has 8 nitrogen and oxygen atoms in total. The minimum atomic E-state index is -0.0746. The maximum Gasteiger partial charge on any atom is 0.148 e. The first-order chi connectivity index (χ1) is 15.7. The molecule has 1 aliphatic rings. The minimum absolute atomic E-state index is 0.0746. The predicted molar refractivity (Wildman–Crippen MR) is 120 cm³/mol. The fraction of sp³-hybridized carbons (Fsp3) is 0.261. The molecule has 1 aromatic carbocycles. The van der Waals surface area contributed by atoms with Crippen molar-refractivity contribution in [1.82, 2.24) is 15.0 Å². The average Bonchev–Trinajstić information content (AvgIpc) is 2.80. The molecule has 1 N–H and O–H groups in total. The zero-order valence-electron chi connectivity index (χ0n) is 17.2. The molecule has 2 aromatic heterocycles. The predicted octanol–water partition coefficient (Wildman–Crippen LogP) is 3.16. The van der Waals surface area contributed by atoms with Gasteiger partial charge in [0.05, 0.1) is 17.9 Å². The van der Waals surface area contributed by atoms with Gasteiger partial charge in [-0.15, -0.1) is 0 Å². The molecule has 4 rings (SSSR count). The van der Waals surface area contributed by atoms with Crippen LogP contribution in [0.15, 0.2) is 47.9 Å². The van der Waals surface area contributed by atoms with E-state index in [4.69, 9.17) is 14.8 Å². The number of aliphatic hydroxyl groups is 1. The number of aliphatic hydroxyl groups excluding tert-OH is 1. The summed E-state index contributed by atoms with van der Waals surface area (Å²) >= 11 is 1.41. The lowest BCUT2D eigenvalue weighted by atomic mass is 9.96. The summed E-state index contributed by atoms with van der Waals surface area (Å²) in [4.78, 5) is 15.2. The second kappa shape index (κ2) is 10.1. The van der Waals surface area contributed by atoms with Gasteiger partial charge in [-0.25, -0.2) is 4.98 Å². The highest BCUT2D eigenvalue weighted by Crippen LogP contribution is 2.39. The minimum Gasteiger partial charge on any atom is -0.491 e. The molecule has 1 aliphatic heterocycles. The van der Waals surface area contributed by atoms with E-state index in [-0.39, 0.29) is 13.2 Å². The molecule has 0 aliphatic carbocycles. The largest absolute Gasteiger partial charge is 0.491 e. The van der Waals surface area contributed by atoms with Crippen LogP contribution in [0.5, 0.6) is 5.75 Å². The monoisotopic (exact) mass is 444 g/mol. The lowest BCUT2D eigenvalue weighted by Crippen LogP contribution is -2.38. The molecule has 1 saturated heterocycles. The maximum absolute atomic E-state index is 10.0. The molecule has 1 fully saturated rings. The quantitative estimate of drug-likeness (QED) is 0.522. The third-order valence-corrected chi connectivity index (χ3v) is 6.01. The molecular weight excluding hydrogens is 424 g/mol. The molecule has 0 saturated carbocycles. The number of nitrogens with zero attached hydrogens (tertiary/aromatic N) is 6. The van der Waals surface area contributed by atoms with E-state index in [0.29, 0.717) is 39.0 Å². The molecule has 3 aromatic rings. The van der Waals surface area contributed by atoms with Gasteiger partial charge in [0.25, 0.3) is 0 Å². The van der Waals surface area contributed by atoms with Crippen LogP contribution in [0.25, 0.3) is 11.1 Å². The third-order valence-electron chi connectivity index (χ3n) is 5.00. The Hall–Kier alpha value is -3.66. The van der Waals surface area contributed by atoms with Crippen LogP contribution in [0.3, 0.4) is 0 Å². The van der Waals surface area contributed by atoms with E-state index in [9.17, 15) is 10.5 Å². The normalized spacial score (nSPS) is 12.5.